The highest BCUT2D eigenvalue weighted by Crippen LogP contribution is 2.40. The molecule has 0 N–H and O–H groups in total. The first kappa shape index (κ1) is 53.8. The van der Waals surface area contributed by atoms with Crippen LogP contribution in [-0.4, -0.2) is 99.6 Å². The summed E-state index contributed by atoms with van der Waals surface area (Å²) in [6.07, 6.45) is 8.83. The van der Waals surface area contributed by atoms with Crippen LogP contribution in [0.4, 0.5) is 0 Å². The average Bonchev–Trinajstić information content (AvgIpc) is 3.30. The Hall–Kier alpha value is -2.78. The smallest absolute Gasteiger partial charge is 0.372 e. The van der Waals surface area contributed by atoms with Gasteiger partial charge in [-0.25, -0.2) is 0 Å². The van der Waals surface area contributed by atoms with Crippen molar-refractivity contribution in [3.63, 3.8) is 0 Å². The number of rotatable bonds is 30. The van der Waals surface area contributed by atoms with Crippen LogP contribution in [0.15, 0.2) is 167 Å². The van der Waals surface area contributed by atoms with Crippen molar-refractivity contribution in [1.82, 2.24) is 0 Å². The number of benzene rings is 3. The van der Waals surface area contributed by atoms with E-state index < -0.39 is 59.9 Å². The Balaban J connectivity index is 1.86. The van der Waals surface area contributed by atoms with Gasteiger partial charge >= 0.3 is 59.9 Å². The lowest BCUT2D eigenvalue weighted by Gasteiger charge is -2.50. The van der Waals surface area contributed by atoms with E-state index in [1.807, 2.05) is 67.2 Å². The zero-order valence-electron chi connectivity index (χ0n) is 38.9. The van der Waals surface area contributed by atoms with Crippen LogP contribution in [0.25, 0.3) is 0 Å². The molecule has 5 atom stereocenters. The molecule has 0 saturated carbocycles. The van der Waals surface area contributed by atoms with Gasteiger partial charge in [-0.1, -0.05) is 127 Å². The van der Waals surface area contributed by atoms with Gasteiger partial charge in [-0.2, -0.15) is 0 Å². The van der Waals surface area contributed by atoms with Crippen molar-refractivity contribution < 1.29 is 43.0 Å². The van der Waals surface area contributed by atoms with Gasteiger partial charge in [0, 0.05) is 6.61 Å². The first-order valence-electron chi connectivity index (χ1n) is 22.2. The zero-order chi connectivity index (χ0) is 46.6. The number of hydrogen-bond acceptors (Lipinski definition) is 10. The van der Waals surface area contributed by atoms with Gasteiger partial charge in [0.15, 0.2) is 0 Å². The summed E-state index contributed by atoms with van der Waals surface area (Å²) in [6, 6.07) is 33.9. The topological polar surface area (TPSA) is 92.3 Å². The second-order valence-corrected chi connectivity index (χ2v) is 39.8. The van der Waals surface area contributed by atoms with E-state index in [4.69, 9.17) is 43.0 Å². The fourth-order valence-electron chi connectivity index (χ4n) is 8.19. The lowest BCUT2D eigenvalue weighted by atomic mass is 10.4. The molecule has 0 bridgehead atoms. The quantitative estimate of drug-likeness (QED) is 0.0476. The highest BCUT2D eigenvalue weighted by Gasteiger charge is 2.59. The third-order valence-corrected chi connectivity index (χ3v) is 40.6. The van der Waals surface area contributed by atoms with Crippen LogP contribution in [0.5, 0.6) is 0 Å². The largest absolute Gasteiger partial charge is 0.416 e. The van der Waals surface area contributed by atoms with E-state index in [1.165, 1.54) is 0 Å². The number of hydrogen-bond donors (Lipinski definition) is 0. The van der Waals surface area contributed by atoms with Crippen molar-refractivity contribution in [2.24, 2.45) is 0 Å². The summed E-state index contributed by atoms with van der Waals surface area (Å²) < 4.78 is 70.8. The maximum Gasteiger partial charge on any atom is 0.372 e. The van der Waals surface area contributed by atoms with Crippen molar-refractivity contribution in [3.8, 4) is 0 Å². The van der Waals surface area contributed by atoms with Gasteiger partial charge in [0.1, 0.15) is 0 Å². The second-order valence-electron chi connectivity index (χ2n) is 16.3. The van der Waals surface area contributed by atoms with E-state index in [9.17, 15) is 0 Å². The van der Waals surface area contributed by atoms with Crippen molar-refractivity contribution in [3.05, 3.63) is 167 Å². The SMILES string of the molecule is C=CCO[Si](CC[Si]1(C)O[Si](C)(C=C)O[Si](C)(CC[Si](OCC=C)(OCC=C)c2ccccc2)O[Si](C)(CC[Si](OCC=C)(OCC=C)c2ccccc2)O1)(OCC)c1ccccc1. The molecule has 17 heteroatoms. The maximum atomic E-state index is 7.72. The standard InChI is InChI=1S/C47H72O10Si7/c1-12-34-49-62(48-17-6,45-28-22-19-23-29-45)42-39-59(9)54-58(8,18-7)55-60(10,40-43-63(50-35-13-2,51-36-14-3)46-30-24-20-25-31-46)57-61(11,56-59)41-44-64(52-37-15-4,53-38-16-5)47-32-26-21-27-33-47/h12-16,18-33H,1-5,7,17,34-44H2,6,8-11H3. The van der Waals surface area contributed by atoms with Gasteiger partial charge in [-0.05, 0) is 84.9 Å². The van der Waals surface area contributed by atoms with Crippen LogP contribution in [-0.2, 0) is 43.0 Å². The Morgan fingerprint density at radius 2 is 0.688 bits per heavy atom. The molecule has 1 saturated heterocycles. The van der Waals surface area contributed by atoms with Crippen LogP contribution >= 0.6 is 0 Å². The summed E-state index contributed by atoms with van der Waals surface area (Å²) in [6.45, 7) is 36.8. The Morgan fingerprint density at radius 1 is 0.422 bits per heavy atom. The molecule has 0 aliphatic carbocycles. The van der Waals surface area contributed by atoms with Crippen LogP contribution in [0.1, 0.15) is 6.92 Å². The molecule has 3 aromatic carbocycles. The molecule has 0 radical (unpaired) electrons. The Kier molecular flexibility index (Phi) is 21.3. The first-order valence-corrected chi connectivity index (χ1v) is 38.2. The fraction of sp³-hybridized carbons (Fsp3) is 0.362. The molecule has 0 amide bonds. The van der Waals surface area contributed by atoms with Crippen LogP contribution < -0.4 is 15.6 Å². The maximum absolute atomic E-state index is 7.72. The summed E-state index contributed by atoms with van der Waals surface area (Å²) in [7, 11) is -22.4. The monoisotopic (exact) mass is 992 g/mol. The highest BCUT2D eigenvalue weighted by molar-refractivity contribution is 6.96. The summed E-state index contributed by atoms with van der Waals surface area (Å²) >= 11 is 0. The van der Waals surface area contributed by atoms with Gasteiger partial charge in [0.2, 0.25) is 0 Å². The van der Waals surface area contributed by atoms with Crippen LogP contribution in [0, 0.1) is 0 Å². The van der Waals surface area contributed by atoms with Gasteiger partial charge in [0.25, 0.3) is 0 Å². The van der Waals surface area contributed by atoms with Gasteiger partial charge in [-0.15, -0.1) is 39.5 Å². The lowest BCUT2D eigenvalue weighted by molar-refractivity contribution is 0.200. The fourth-order valence-corrected chi connectivity index (χ4v) is 44.5. The molecule has 10 nitrogen and oxygen atoms in total. The lowest BCUT2D eigenvalue weighted by Crippen LogP contribution is -2.68. The van der Waals surface area contributed by atoms with E-state index in [0.29, 0.717) is 75.9 Å². The minimum Gasteiger partial charge on any atom is -0.416 e. The molecule has 0 aromatic heterocycles. The highest BCUT2D eigenvalue weighted by atomic mass is 28.5. The molecule has 5 unspecified atom stereocenters. The molecule has 64 heavy (non-hydrogen) atoms. The van der Waals surface area contributed by atoms with Gasteiger partial charge in [-0.3, -0.25) is 0 Å². The Morgan fingerprint density at radius 3 is 0.938 bits per heavy atom. The predicted octanol–water partition coefficient (Wildman–Crippen LogP) is 9.18. The molecule has 4 rings (SSSR count). The van der Waals surface area contributed by atoms with Crippen molar-refractivity contribution in [1.29, 1.82) is 0 Å². The molecule has 0 spiro atoms. The van der Waals surface area contributed by atoms with E-state index in [1.54, 1.807) is 30.4 Å². The third-order valence-electron chi connectivity index (χ3n) is 11.0. The van der Waals surface area contributed by atoms with Crippen LogP contribution in [0.2, 0.25) is 62.5 Å². The van der Waals surface area contributed by atoms with Crippen molar-refractivity contribution >= 4 is 75.5 Å². The third kappa shape index (κ3) is 14.9. The van der Waals surface area contributed by atoms with Crippen molar-refractivity contribution in [2.75, 3.05) is 39.6 Å². The molecule has 1 aliphatic rings. The predicted molar refractivity (Wildman–Crippen MR) is 278 cm³/mol. The minimum atomic E-state index is -3.33. The van der Waals surface area contributed by atoms with E-state index in [2.05, 4.69) is 102 Å². The normalized spacial score (nSPS) is 23.8. The van der Waals surface area contributed by atoms with Crippen LogP contribution in [0.3, 0.4) is 0 Å². The van der Waals surface area contributed by atoms with E-state index in [0.717, 1.165) is 15.6 Å². The summed E-state index contributed by atoms with van der Waals surface area (Å²) in [4.78, 5) is 0. The Labute approximate surface area is 392 Å². The molecular weight excluding hydrogens is 921 g/mol. The molecule has 1 heterocycles. The van der Waals surface area contributed by atoms with E-state index in [-0.39, 0.29) is 0 Å². The average molecular weight is 994 g/mol. The molecular formula is C47H72O10Si7. The minimum absolute atomic E-state index is 0.322. The van der Waals surface area contributed by atoms with E-state index >= 15 is 0 Å². The van der Waals surface area contributed by atoms with Gasteiger partial charge in [0.05, 0.1) is 33.0 Å². The first-order chi connectivity index (χ1) is 30.7. The van der Waals surface area contributed by atoms with Crippen molar-refractivity contribution in [2.45, 2.75) is 69.4 Å². The summed E-state index contributed by atoms with van der Waals surface area (Å²) in [5.74, 6) is 0. The Bertz CT molecular complexity index is 1910. The zero-order valence-corrected chi connectivity index (χ0v) is 45.9. The molecule has 3 aromatic rings. The summed E-state index contributed by atoms with van der Waals surface area (Å²) in [5, 5.41) is 3.06. The molecule has 348 valence electrons. The van der Waals surface area contributed by atoms with Gasteiger partial charge < -0.3 is 43.0 Å². The summed E-state index contributed by atoms with van der Waals surface area (Å²) in [5.41, 5.74) is 1.86. The molecule has 1 aliphatic heterocycles. The second kappa shape index (κ2) is 25.4. The molecule has 1 fully saturated rings.